The van der Waals surface area contributed by atoms with Crippen molar-refractivity contribution < 1.29 is 14.0 Å². The normalized spacial score (nSPS) is 10.8. The van der Waals surface area contributed by atoms with Gasteiger partial charge in [-0.05, 0) is 41.3 Å². The number of ketones is 1. The zero-order valence-corrected chi connectivity index (χ0v) is 14.9. The van der Waals surface area contributed by atoms with E-state index >= 15 is 0 Å². The third kappa shape index (κ3) is 3.55. The van der Waals surface area contributed by atoms with Gasteiger partial charge in [0, 0.05) is 23.8 Å². The number of nitrogens with zero attached hydrogens (tertiary/aromatic N) is 1. The number of rotatable bonds is 5. The lowest BCUT2D eigenvalue weighted by molar-refractivity contribution is -0.112. The van der Waals surface area contributed by atoms with Crippen LogP contribution in [0.25, 0.3) is 10.8 Å². The van der Waals surface area contributed by atoms with Crippen LogP contribution >= 0.6 is 0 Å². The second kappa shape index (κ2) is 7.48. The van der Waals surface area contributed by atoms with Crippen LogP contribution in [0, 0.1) is 5.82 Å². The molecule has 0 saturated carbocycles. The molecule has 4 aromatic rings. The first-order chi connectivity index (χ1) is 13.6. The molecule has 0 saturated heterocycles. The molecular formula is C23H17FN2O2. The van der Waals surface area contributed by atoms with Crippen LogP contribution in [0.2, 0.25) is 0 Å². The molecule has 28 heavy (non-hydrogen) atoms. The number of nitrogens with one attached hydrogen (secondary N) is 1. The molecule has 0 spiro atoms. The smallest absolute Gasteiger partial charge is 0.298 e. The van der Waals surface area contributed by atoms with Crippen molar-refractivity contribution in [3.63, 3.8) is 0 Å². The van der Waals surface area contributed by atoms with Crippen molar-refractivity contribution in [2.45, 2.75) is 6.54 Å². The highest BCUT2D eigenvalue weighted by molar-refractivity contribution is 6.46. The van der Waals surface area contributed by atoms with Gasteiger partial charge in [-0.15, -0.1) is 0 Å². The number of aromatic nitrogens is 1. The largest absolute Gasteiger partial charge is 0.340 e. The fraction of sp³-hybridized carbons (Fsp3) is 0.0435. The number of amides is 1. The molecule has 1 heterocycles. The number of fused-ring (bicyclic) bond motifs is 1. The Balaban J connectivity index is 1.55. The lowest BCUT2D eigenvalue weighted by atomic mass is 10.1. The van der Waals surface area contributed by atoms with Gasteiger partial charge in [0.05, 0.1) is 5.69 Å². The van der Waals surface area contributed by atoms with Gasteiger partial charge >= 0.3 is 0 Å². The Morgan fingerprint density at radius 1 is 0.857 bits per heavy atom. The van der Waals surface area contributed by atoms with Crippen LogP contribution in [0.1, 0.15) is 16.1 Å². The summed E-state index contributed by atoms with van der Waals surface area (Å²) in [5.74, 6) is -1.64. The molecule has 5 heteroatoms. The van der Waals surface area contributed by atoms with Crippen LogP contribution in [0.15, 0.2) is 85.1 Å². The minimum absolute atomic E-state index is 0.280. The third-order valence-electron chi connectivity index (χ3n) is 4.57. The lowest BCUT2D eigenvalue weighted by Crippen LogP contribution is -2.25. The van der Waals surface area contributed by atoms with E-state index in [2.05, 4.69) is 5.32 Å². The molecule has 0 aliphatic carbocycles. The topological polar surface area (TPSA) is 51.1 Å². The van der Waals surface area contributed by atoms with E-state index in [9.17, 15) is 14.0 Å². The molecule has 0 aliphatic heterocycles. The molecule has 0 atom stereocenters. The van der Waals surface area contributed by atoms with Crippen molar-refractivity contribution in [1.82, 2.24) is 4.57 Å². The van der Waals surface area contributed by atoms with Crippen molar-refractivity contribution >= 4 is 28.2 Å². The molecule has 1 aromatic heterocycles. The predicted octanol–water partition coefficient (Wildman–Crippen LogP) is 4.65. The molecular weight excluding hydrogens is 355 g/mol. The number of hydrogen-bond donors (Lipinski definition) is 1. The van der Waals surface area contributed by atoms with Gasteiger partial charge in [0.25, 0.3) is 11.7 Å². The third-order valence-corrected chi connectivity index (χ3v) is 4.57. The minimum atomic E-state index is -0.699. The first kappa shape index (κ1) is 17.7. The Hall–Kier alpha value is -3.73. The molecule has 0 fully saturated rings. The molecule has 3 aromatic carbocycles. The number of carbonyl (C=O) groups is 2. The van der Waals surface area contributed by atoms with Crippen LogP contribution in [-0.2, 0) is 11.3 Å². The molecule has 0 bridgehead atoms. The Morgan fingerprint density at radius 3 is 2.43 bits per heavy atom. The molecule has 0 radical (unpaired) electrons. The molecule has 1 N–H and O–H groups in total. The SMILES string of the molecule is O=C(Nc1cccc2ccccc12)C(=O)c1cccn1Cc1ccc(F)cc1. The lowest BCUT2D eigenvalue weighted by Gasteiger charge is -2.10. The first-order valence-corrected chi connectivity index (χ1v) is 8.85. The minimum Gasteiger partial charge on any atom is -0.340 e. The highest BCUT2D eigenvalue weighted by Crippen LogP contribution is 2.23. The van der Waals surface area contributed by atoms with Gasteiger partial charge in [-0.1, -0.05) is 48.5 Å². The number of benzene rings is 3. The predicted molar refractivity (Wildman–Crippen MR) is 107 cm³/mol. The highest BCUT2D eigenvalue weighted by Gasteiger charge is 2.20. The molecule has 4 nitrogen and oxygen atoms in total. The average molecular weight is 372 g/mol. The summed E-state index contributed by atoms with van der Waals surface area (Å²) in [5, 5.41) is 4.57. The van der Waals surface area contributed by atoms with E-state index in [4.69, 9.17) is 0 Å². The molecule has 1 amide bonds. The van der Waals surface area contributed by atoms with Crippen molar-refractivity contribution in [2.75, 3.05) is 5.32 Å². The van der Waals surface area contributed by atoms with Crippen LogP contribution in [0.5, 0.6) is 0 Å². The maximum atomic E-state index is 13.1. The Kier molecular flexibility index (Phi) is 4.72. The van der Waals surface area contributed by atoms with E-state index in [1.807, 2.05) is 36.4 Å². The Bertz CT molecular complexity index is 1160. The zero-order valence-electron chi connectivity index (χ0n) is 14.9. The van der Waals surface area contributed by atoms with E-state index in [0.717, 1.165) is 16.3 Å². The van der Waals surface area contributed by atoms with E-state index in [-0.39, 0.29) is 11.5 Å². The van der Waals surface area contributed by atoms with Gasteiger partial charge in [-0.25, -0.2) is 4.39 Å². The fourth-order valence-electron chi connectivity index (χ4n) is 3.17. The van der Waals surface area contributed by atoms with Gasteiger partial charge in [0.1, 0.15) is 5.82 Å². The van der Waals surface area contributed by atoms with Gasteiger partial charge < -0.3 is 9.88 Å². The molecule has 0 unspecified atom stereocenters. The fourth-order valence-corrected chi connectivity index (χ4v) is 3.17. The van der Waals surface area contributed by atoms with E-state index in [0.29, 0.717) is 12.2 Å². The van der Waals surface area contributed by atoms with Gasteiger partial charge in [0.15, 0.2) is 0 Å². The summed E-state index contributed by atoms with van der Waals surface area (Å²) in [5.41, 5.74) is 1.70. The summed E-state index contributed by atoms with van der Waals surface area (Å²) in [6.45, 7) is 0.371. The number of hydrogen-bond acceptors (Lipinski definition) is 2. The summed E-state index contributed by atoms with van der Waals surface area (Å²) >= 11 is 0. The summed E-state index contributed by atoms with van der Waals surface area (Å²) < 4.78 is 14.8. The molecule has 4 rings (SSSR count). The van der Waals surface area contributed by atoms with Crippen LogP contribution < -0.4 is 5.32 Å². The van der Waals surface area contributed by atoms with Crippen LogP contribution in [-0.4, -0.2) is 16.3 Å². The summed E-state index contributed by atoms with van der Waals surface area (Å²) in [6, 6.07) is 22.5. The van der Waals surface area contributed by atoms with Crippen molar-refractivity contribution in [1.29, 1.82) is 0 Å². The van der Waals surface area contributed by atoms with E-state index in [1.54, 1.807) is 41.1 Å². The van der Waals surface area contributed by atoms with E-state index < -0.39 is 11.7 Å². The van der Waals surface area contributed by atoms with Crippen molar-refractivity contribution in [2.24, 2.45) is 0 Å². The van der Waals surface area contributed by atoms with E-state index in [1.165, 1.54) is 12.1 Å². The zero-order chi connectivity index (χ0) is 19.5. The monoisotopic (exact) mass is 372 g/mol. The summed E-state index contributed by atoms with van der Waals surface area (Å²) in [6.07, 6.45) is 1.72. The Morgan fingerprint density at radius 2 is 1.61 bits per heavy atom. The van der Waals surface area contributed by atoms with Crippen molar-refractivity contribution in [3.8, 4) is 0 Å². The van der Waals surface area contributed by atoms with Gasteiger partial charge in [-0.3, -0.25) is 9.59 Å². The van der Waals surface area contributed by atoms with Gasteiger partial charge in [-0.2, -0.15) is 0 Å². The van der Waals surface area contributed by atoms with Crippen LogP contribution in [0.4, 0.5) is 10.1 Å². The maximum absolute atomic E-state index is 13.1. The van der Waals surface area contributed by atoms with Crippen LogP contribution in [0.3, 0.4) is 0 Å². The second-order valence-corrected chi connectivity index (χ2v) is 6.46. The Labute approximate surface area is 161 Å². The summed E-state index contributed by atoms with van der Waals surface area (Å²) in [4.78, 5) is 25.3. The quantitative estimate of drug-likeness (QED) is 0.409. The second-order valence-electron chi connectivity index (χ2n) is 6.46. The summed E-state index contributed by atoms with van der Waals surface area (Å²) in [7, 11) is 0. The highest BCUT2D eigenvalue weighted by atomic mass is 19.1. The maximum Gasteiger partial charge on any atom is 0.298 e. The standard InChI is InChI=1S/C23H17FN2O2/c24-18-12-10-16(11-13-18)15-26-14-4-9-21(26)22(27)23(28)25-20-8-3-6-17-5-1-2-7-19(17)20/h1-14H,15H2,(H,25,28). The molecule has 0 aliphatic rings. The first-order valence-electron chi connectivity index (χ1n) is 8.85. The van der Waals surface area contributed by atoms with Crippen molar-refractivity contribution in [3.05, 3.63) is 102 Å². The average Bonchev–Trinajstić information content (AvgIpc) is 3.17. The molecule has 138 valence electrons. The number of carbonyl (C=O) groups excluding carboxylic acids is 2. The number of anilines is 1. The van der Waals surface area contributed by atoms with Gasteiger partial charge in [0.2, 0.25) is 0 Å². The number of Topliss-reactive ketones (excluding diaryl/α,β-unsaturated/α-hetero) is 1. The number of halogens is 1.